The van der Waals surface area contributed by atoms with Gasteiger partial charge in [-0.3, -0.25) is 9.36 Å². The number of imidazole rings is 1. The van der Waals surface area contributed by atoms with E-state index >= 15 is 0 Å². The van der Waals surface area contributed by atoms with Crippen molar-refractivity contribution in [1.29, 1.82) is 0 Å². The van der Waals surface area contributed by atoms with Crippen LogP contribution in [0, 0.1) is 6.92 Å². The summed E-state index contributed by atoms with van der Waals surface area (Å²) >= 11 is 0. The molecule has 0 spiro atoms. The van der Waals surface area contributed by atoms with Crippen molar-refractivity contribution in [3.8, 4) is 5.82 Å². The number of hydrogen-bond donors (Lipinski definition) is 1. The standard InChI is InChI=1S/C10H10N4O/c1-7-3-2-4-9(13-7)14-5-8(10(11)15)12-6-14/h2-6H,1H3,(H2,11,15). The number of amides is 1. The van der Waals surface area contributed by atoms with Gasteiger partial charge < -0.3 is 5.73 Å². The molecule has 5 heteroatoms. The van der Waals surface area contributed by atoms with Crippen LogP contribution in [0.5, 0.6) is 0 Å². The Kier molecular flexibility index (Phi) is 2.21. The molecule has 15 heavy (non-hydrogen) atoms. The minimum Gasteiger partial charge on any atom is -0.364 e. The van der Waals surface area contributed by atoms with Crippen molar-refractivity contribution >= 4 is 5.91 Å². The van der Waals surface area contributed by atoms with Gasteiger partial charge in [-0.1, -0.05) is 6.07 Å². The minimum atomic E-state index is -0.540. The summed E-state index contributed by atoms with van der Waals surface area (Å²) in [5, 5.41) is 0. The van der Waals surface area contributed by atoms with Crippen molar-refractivity contribution in [2.24, 2.45) is 5.73 Å². The second-order valence-corrected chi connectivity index (χ2v) is 3.17. The van der Waals surface area contributed by atoms with Crippen molar-refractivity contribution in [3.05, 3.63) is 42.1 Å². The fourth-order valence-corrected chi connectivity index (χ4v) is 1.25. The predicted octanol–water partition coefficient (Wildman–Crippen LogP) is 0.675. The van der Waals surface area contributed by atoms with E-state index < -0.39 is 5.91 Å². The highest BCUT2D eigenvalue weighted by molar-refractivity contribution is 5.90. The summed E-state index contributed by atoms with van der Waals surface area (Å²) < 4.78 is 1.66. The zero-order valence-corrected chi connectivity index (χ0v) is 8.21. The van der Waals surface area contributed by atoms with E-state index in [-0.39, 0.29) is 5.69 Å². The molecular formula is C10H10N4O. The number of rotatable bonds is 2. The highest BCUT2D eigenvalue weighted by Crippen LogP contribution is 2.06. The van der Waals surface area contributed by atoms with Crippen LogP contribution in [-0.4, -0.2) is 20.4 Å². The molecule has 0 aromatic carbocycles. The molecule has 2 heterocycles. The highest BCUT2D eigenvalue weighted by atomic mass is 16.1. The Morgan fingerprint density at radius 2 is 2.27 bits per heavy atom. The maximum Gasteiger partial charge on any atom is 0.268 e. The van der Waals surface area contributed by atoms with Crippen LogP contribution in [0.1, 0.15) is 16.2 Å². The van der Waals surface area contributed by atoms with E-state index in [4.69, 9.17) is 5.73 Å². The zero-order valence-electron chi connectivity index (χ0n) is 8.21. The van der Waals surface area contributed by atoms with Crippen LogP contribution in [0.3, 0.4) is 0 Å². The Morgan fingerprint density at radius 3 is 2.87 bits per heavy atom. The number of hydrogen-bond acceptors (Lipinski definition) is 3. The van der Waals surface area contributed by atoms with Crippen LogP contribution in [0.25, 0.3) is 5.82 Å². The summed E-state index contributed by atoms with van der Waals surface area (Å²) in [5.41, 5.74) is 6.24. The average Bonchev–Trinajstić information content (AvgIpc) is 2.66. The quantitative estimate of drug-likeness (QED) is 0.778. The van der Waals surface area contributed by atoms with E-state index in [0.29, 0.717) is 0 Å². The molecule has 5 nitrogen and oxygen atoms in total. The molecule has 0 saturated heterocycles. The van der Waals surface area contributed by atoms with E-state index in [1.54, 1.807) is 10.8 Å². The molecule has 76 valence electrons. The van der Waals surface area contributed by atoms with Gasteiger partial charge in [0.25, 0.3) is 5.91 Å². The molecule has 2 aromatic rings. The molecule has 0 atom stereocenters. The first-order valence-corrected chi connectivity index (χ1v) is 4.44. The van der Waals surface area contributed by atoms with Gasteiger partial charge in [0.2, 0.25) is 0 Å². The molecule has 2 N–H and O–H groups in total. The first-order chi connectivity index (χ1) is 7.16. The number of carbonyl (C=O) groups excluding carboxylic acids is 1. The lowest BCUT2D eigenvalue weighted by Gasteiger charge is -2.00. The largest absolute Gasteiger partial charge is 0.364 e. The van der Waals surface area contributed by atoms with E-state index in [9.17, 15) is 4.79 Å². The minimum absolute atomic E-state index is 0.235. The van der Waals surface area contributed by atoms with Gasteiger partial charge in [-0.25, -0.2) is 9.97 Å². The summed E-state index contributed by atoms with van der Waals surface area (Å²) in [6.07, 6.45) is 3.08. The summed E-state index contributed by atoms with van der Waals surface area (Å²) in [7, 11) is 0. The monoisotopic (exact) mass is 202 g/mol. The number of aromatic nitrogens is 3. The second-order valence-electron chi connectivity index (χ2n) is 3.17. The number of aryl methyl sites for hydroxylation is 1. The Bertz CT molecular complexity index is 504. The number of pyridine rings is 1. The maximum absolute atomic E-state index is 10.8. The fourth-order valence-electron chi connectivity index (χ4n) is 1.25. The molecule has 2 aromatic heterocycles. The maximum atomic E-state index is 10.8. The fraction of sp³-hybridized carbons (Fsp3) is 0.100. The highest BCUT2D eigenvalue weighted by Gasteiger charge is 2.05. The smallest absolute Gasteiger partial charge is 0.268 e. The van der Waals surface area contributed by atoms with Crippen LogP contribution < -0.4 is 5.73 Å². The lowest BCUT2D eigenvalue weighted by molar-refractivity contribution is 0.0996. The molecule has 0 aliphatic carbocycles. The van der Waals surface area contributed by atoms with Gasteiger partial charge in [-0.15, -0.1) is 0 Å². The van der Waals surface area contributed by atoms with Crippen LogP contribution in [0.4, 0.5) is 0 Å². The molecule has 0 radical (unpaired) electrons. The van der Waals surface area contributed by atoms with Crippen molar-refractivity contribution in [2.75, 3.05) is 0 Å². The first kappa shape index (κ1) is 9.39. The average molecular weight is 202 g/mol. The lowest BCUT2D eigenvalue weighted by atomic mass is 10.4. The number of primary amides is 1. The van der Waals surface area contributed by atoms with Gasteiger partial charge in [-0.2, -0.15) is 0 Å². The Hall–Kier alpha value is -2.17. The summed E-state index contributed by atoms with van der Waals surface area (Å²) in [6.45, 7) is 1.90. The molecule has 2 rings (SSSR count). The summed E-state index contributed by atoms with van der Waals surface area (Å²) in [5.74, 6) is 0.177. The third-order valence-corrected chi connectivity index (χ3v) is 1.97. The van der Waals surface area contributed by atoms with E-state index in [1.165, 1.54) is 6.33 Å². The van der Waals surface area contributed by atoms with E-state index in [1.807, 2.05) is 25.1 Å². The van der Waals surface area contributed by atoms with Gasteiger partial charge in [0.05, 0.1) is 0 Å². The summed E-state index contributed by atoms with van der Waals surface area (Å²) in [4.78, 5) is 19.0. The van der Waals surface area contributed by atoms with Gasteiger partial charge in [0, 0.05) is 11.9 Å². The SMILES string of the molecule is Cc1cccc(-n2cnc(C(N)=O)c2)n1. The molecule has 0 saturated carbocycles. The van der Waals surface area contributed by atoms with Crippen molar-refractivity contribution < 1.29 is 4.79 Å². The zero-order chi connectivity index (χ0) is 10.8. The molecule has 0 aliphatic rings. The van der Waals surface area contributed by atoms with Gasteiger partial charge >= 0.3 is 0 Å². The third kappa shape index (κ3) is 1.85. The molecule has 0 fully saturated rings. The van der Waals surface area contributed by atoms with Gasteiger partial charge in [0.15, 0.2) is 0 Å². The topological polar surface area (TPSA) is 73.8 Å². The molecule has 1 amide bonds. The van der Waals surface area contributed by atoms with Gasteiger partial charge in [0.1, 0.15) is 17.8 Å². The van der Waals surface area contributed by atoms with E-state index in [0.717, 1.165) is 11.5 Å². The summed E-state index contributed by atoms with van der Waals surface area (Å²) in [6, 6.07) is 5.62. The van der Waals surface area contributed by atoms with Crippen LogP contribution >= 0.6 is 0 Å². The Balaban J connectivity index is 2.41. The molecular weight excluding hydrogens is 192 g/mol. The van der Waals surface area contributed by atoms with Crippen LogP contribution in [-0.2, 0) is 0 Å². The Morgan fingerprint density at radius 1 is 1.47 bits per heavy atom. The lowest BCUT2D eigenvalue weighted by Crippen LogP contribution is -2.11. The third-order valence-electron chi connectivity index (χ3n) is 1.97. The van der Waals surface area contributed by atoms with Crippen molar-refractivity contribution in [2.45, 2.75) is 6.92 Å². The molecule has 0 bridgehead atoms. The van der Waals surface area contributed by atoms with Gasteiger partial charge in [-0.05, 0) is 19.1 Å². The molecule has 0 aliphatic heterocycles. The van der Waals surface area contributed by atoms with E-state index in [2.05, 4.69) is 9.97 Å². The number of nitrogens with zero attached hydrogens (tertiary/aromatic N) is 3. The predicted molar refractivity (Wildman–Crippen MR) is 54.6 cm³/mol. The van der Waals surface area contributed by atoms with Crippen molar-refractivity contribution in [3.63, 3.8) is 0 Å². The second kappa shape index (κ2) is 3.53. The number of carbonyl (C=O) groups is 1. The molecule has 0 unspecified atom stereocenters. The van der Waals surface area contributed by atoms with Crippen molar-refractivity contribution in [1.82, 2.24) is 14.5 Å². The van der Waals surface area contributed by atoms with Crippen LogP contribution in [0.2, 0.25) is 0 Å². The normalized spacial score (nSPS) is 10.2. The number of nitrogens with two attached hydrogens (primary N) is 1. The first-order valence-electron chi connectivity index (χ1n) is 4.44. The Labute approximate surface area is 86.6 Å². The van der Waals surface area contributed by atoms with Crippen LogP contribution in [0.15, 0.2) is 30.7 Å².